The van der Waals surface area contributed by atoms with Crippen molar-refractivity contribution in [1.29, 1.82) is 0 Å². The van der Waals surface area contributed by atoms with E-state index in [9.17, 15) is 8.42 Å². The van der Waals surface area contributed by atoms with Crippen LogP contribution >= 0.6 is 0 Å². The molecule has 0 aromatic heterocycles. The van der Waals surface area contributed by atoms with Crippen LogP contribution in [0, 0.1) is 0 Å². The van der Waals surface area contributed by atoms with Gasteiger partial charge in [0.25, 0.3) is 0 Å². The molecule has 0 radical (unpaired) electrons. The molecule has 1 rings (SSSR count). The molecule has 1 aliphatic heterocycles. The van der Waals surface area contributed by atoms with E-state index in [2.05, 4.69) is 62.5 Å². The zero-order valence-corrected chi connectivity index (χ0v) is 32.8. The highest BCUT2D eigenvalue weighted by atomic mass is 32.2. The zero-order chi connectivity index (χ0) is 34.9. The van der Waals surface area contributed by atoms with Gasteiger partial charge in [-0.15, -0.1) is 0 Å². The fraction of sp³-hybridized carbons (Fsp3) is 0.814. The summed E-state index contributed by atoms with van der Waals surface area (Å²) in [6.45, 7) is 5.12. The van der Waals surface area contributed by atoms with Gasteiger partial charge in [-0.1, -0.05) is 140 Å². The molecule has 5 heteroatoms. The molecule has 0 aromatic carbocycles. The van der Waals surface area contributed by atoms with Crippen molar-refractivity contribution in [2.45, 2.75) is 206 Å². The molecule has 280 valence electrons. The smallest absolute Gasteiger partial charge is 0.168 e. The number of unbranched alkanes of at least 4 members (excludes halogenated alkanes) is 18. The Balaban J connectivity index is 2.23. The van der Waals surface area contributed by atoms with E-state index in [1.165, 1.54) is 135 Å². The van der Waals surface area contributed by atoms with Crippen LogP contribution in [-0.2, 0) is 19.3 Å². The van der Waals surface area contributed by atoms with Gasteiger partial charge in [-0.25, -0.2) is 8.42 Å². The van der Waals surface area contributed by atoms with Gasteiger partial charge in [-0.2, -0.15) is 0 Å². The minimum Gasteiger partial charge on any atom is -0.347 e. The number of sulfone groups is 1. The quantitative estimate of drug-likeness (QED) is 0.0498. The number of ether oxygens (including phenoxy) is 2. The molecule has 0 aliphatic carbocycles. The third kappa shape index (κ3) is 28.6. The SMILES string of the molecule is CCCCCC=CCC=CCCCCCCCCC1(CCCCCCCCC=CCC=CCCCCC)OCC(CCCS(C)(=O)=O)O1. The van der Waals surface area contributed by atoms with Crippen LogP contribution in [0.15, 0.2) is 48.6 Å². The van der Waals surface area contributed by atoms with E-state index in [0.29, 0.717) is 13.0 Å². The van der Waals surface area contributed by atoms with Crippen molar-refractivity contribution in [3.8, 4) is 0 Å². The van der Waals surface area contributed by atoms with E-state index in [1.54, 1.807) is 0 Å². The molecule has 0 N–H and O–H groups in total. The van der Waals surface area contributed by atoms with Crippen LogP contribution in [-0.4, -0.2) is 38.9 Å². The lowest BCUT2D eigenvalue weighted by molar-refractivity contribution is -0.179. The standard InChI is InChI=1S/C43H78O4S/c1-4-6-8-10-12-14-16-18-20-22-24-26-28-30-32-34-38-43(46-41-42(47-43)37-36-40-48(3,44)45)39-35-33-31-29-27-25-23-21-19-17-15-13-11-9-7-5-2/h12-15,18-21,42H,4-11,16-17,22-41H2,1-3H3. The maximum Gasteiger partial charge on any atom is 0.168 e. The Morgan fingerprint density at radius 3 is 1.35 bits per heavy atom. The number of hydrogen-bond acceptors (Lipinski definition) is 4. The summed E-state index contributed by atoms with van der Waals surface area (Å²) in [5, 5.41) is 0. The Morgan fingerprint density at radius 1 is 0.542 bits per heavy atom. The first-order valence-electron chi connectivity index (χ1n) is 20.5. The van der Waals surface area contributed by atoms with Crippen molar-refractivity contribution in [1.82, 2.24) is 0 Å². The minimum absolute atomic E-state index is 0.0287. The average molecular weight is 691 g/mol. The zero-order valence-electron chi connectivity index (χ0n) is 32.0. The van der Waals surface area contributed by atoms with Gasteiger partial charge in [0.05, 0.1) is 12.7 Å². The normalized spacial score (nSPS) is 18.9. The molecule has 1 fully saturated rings. The van der Waals surface area contributed by atoms with Crippen LogP contribution < -0.4 is 0 Å². The lowest BCUT2D eigenvalue weighted by Gasteiger charge is -2.28. The minimum atomic E-state index is -2.93. The maximum absolute atomic E-state index is 11.6. The van der Waals surface area contributed by atoms with Gasteiger partial charge in [-0.05, 0) is 89.9 Å². The molecule has 0 spiro atoms. The predicted molar refractivity (Wildman–Crippen MR) is 210 cm³/mol. The summed E-state index contributed by atoms with van der Waals surface area (Å²) in [7, 11) is -2.93. The molecule has 1 atom stereocenters. The van der Waals surface area contributed by atoms with E-state index in [0.717, 1.165) is 44.9 Å². The largest absolute Gasteiger partial charge is 0.347 e. The van der Waals surface area contributed by atoms with Crippen LogP contribution in [0.25, 0.3) is 0 Å². The van der Waals surface area contributed by atoms with Gasteiger partial charge in [0.15, 0.2) is 5.79 Å². The van der Waals surface area contributed by atoms with Crippen LogP contribution in [0.5, 0.6) is 0 Å². The van der Waals surface area contributed by atoms with Crippen molar-refractivity contribution in [2.75, 3.05) is 18.6 Å². The van der Waals surface area contributed by atoms with Gasteiger partial charge in [0, 0.05) is 24.9 Å². The summed E-state index contributed by atoms with van der Waals surface area (Å²) in [5.74, 6) is -0.224. The molecule has 1 saturated heterocycles. The molecule has 0 saturated carbocycles. The van der Waals surface area contributed by atoms with Crippen LogP contribution in [0.3, 0.4) is 0 Å². The molecule has 0 bridgehead atoms. The first-order valence-corrected chi connectivity index (χ1v) is 22.6. The second-order valence-electron chi connectivity index (χ2n) is 14.4. The van der Waals surface area contributed by atoms with E-state index in [1.807, 2.05) is 0 Å². The summed E-state index contributed by atoms with van der Waals surface area (Å²) in [6, 6.07) is 0. The Labute approximate surface area is 299 Å². The fourth-order valence-electron chi connectivity index (χ4n) is 6.48. The Morgan fingerprint density at radius 2 is 0.938 bits per heavy atom. The Hall–Kier alpha value is -1.17. The average Bonchev–Trinajstić information content (AvgIpc) is 3.46. The first kappa shape index (κ1) is 44.9. The highest BCUT2D eigenvalue weighted by molar-refractivity contribution is 7.90. The molecular weight excluding hydrogens is 613 g/mol. The third-order valence-corrected chi connectivity index (χ3v) is 10.5. The summed E-state index contributed by atoms with van der Waals surface area (Å²) in [4.78, 5) is 0. The summed E-state index contributed by atoms with van der Waals surface area (Å²) < 4.78 is 36.2. The topological polar surface area (TPSA) is 52.6 Å². The molecule has 1 heterocycles. The van der Waals surface area contributed by atoms with Crippen molar-refractivity contribution in [2.24, 2.45) is 0 Å². The molecule has 48 heavy (non-hydrogen) atoms. The van der Waals surface area contributed by atoms with E-state index < -0.39 is 15.6 Å². The monoisotopic (exact) mass is 691 g/mol. The van der Waals surface area contributed by atoms with Crippen molar-refractivity contribution in [3.63, 3.8) is 0 Å². The second kappa shape index (κ2) is 31.8. The molecular formula is C43H78O4S. The molecule has 1 aliphatic rings. The third-order valence-electron chi connectivity index (χ3n) is 9.47. The van der Waals surface area contributed by atoms with Crippen LogP contribution in [0.2, 0.25) is 0 Å². The van der Waals surface area contributed by atoms with Crippen molar-refractivity contribution in [3.05, 3.63) is 48.6 Å². The van der Waals surface area contributed by atoms with Crippen LogP contribution in [0.4, 0.5) is 0 Å². The highest BCUT2D eigenvalue weighted by Crippen LogP contribution is 2.36. The number of allylic oxidation sites excluding steroid dienone is 8. The lowest BCUT2D eigenvalue weighted by Crippen LogP contribution is -2.31. The summed E-state index contributed by atoms with van der Waals surface area (Å²) in [6.07, 6.45) is 53.4. The lowest BCUT2D eigenvalue weighted by atomic mass is 9.98. The van der Waals surface area contributed by atoms with E-state index >= 15 is 0 Å². The fourth-order valence-corrected chi connectivity index (χ4v) is 7.18. The first-order chi connectivity index (χ1) is 23.4. The van der Waals surface area contributed by atoms with Crippen molar-refractivity contribution >= 4 is 9.84 Å². The molecule has 1 unspecified atom stereocenters. The van der Waals surface area contributed by atoms with Gasteiger partial charge >= 0.3 is 0 Å². The Bertz CT molecular complexity index is 884. The van der Waals surface area contributed by atoms with Gasteiger partial charge in [0.2, 0.25) is 0 Å². The summed E-state index contributed by atoms with van der Waals surface area (Å²) >= 11 is 0. The van der Waals surface area contributed by atoms with Gasteiger partial charge < -0.3 is 9.47 Å². The number of rotatable bonds is 34. The second-order valence-corrected chi connectivity index (χ2v) is 16.7. The van der Waals surface area contributed by atoms with Gasteiger partial charge in [-0.3, -0.25) is 0 Å². The van der Waals surface area contributed by atoms with Crippen molar-refractivity contribution < 1.29 is 17.9 Å². The predicted octanol–water partition coefficient (Wildman–Crippen LogP) is 13.3. The number of hydrogen-bond donors (Lipinski definition) is 0. The molecule has 0 amide bonds. The molecule has 0 aromatic rings. The summed E-state index contributed by atoms with van der Waals surface area (Å²) in [5.41, 5.74) is 0. The van der Waals surface area contributed by atoms with E-state index in [4.69, 9.17) is 9.47 Å². The van der Waals surface area contributed by atoms with Crippen LogP contribution in [0.1, 0.15) is 194 Å². The van der Waals surface area contributed by atoms with E-state index in [-0.39, 0.29) is 11.9 Å². The Kier molecular flexibility index (Phi) is 29.7. The molecule has 4 nitrogen and oxygen atoms in total. The maximum atomic E-state index is 11.6. The van der Waals surface area contributed by atoms with Gasteiger partial charge in [0.1, 0.15) is 9.84 Å². The highest BCUT2D eigenvalue weighted by Gasteiger charge is 2.40.